The molecule has 1 heterocycles. The Morgan fingerprint density at radius 2 is 1.65 bits per heavy atom. The molecule has 0 unspecified atom stereocenters. The molecule has 0 saturated heterocycles. The third-order valence-electron chi connectivity index (χ3n) is 8.62. The van der Waals surface area contributed by atoms with E-state index in [1.54, 1.807) is 30.3 Å². The number of nitrogens with zero attached hydrogens (tertiary/aromatic N) is 4. The zero-order valence-corrected chi connectivity index (χ0v) is 28.1. The molecule has 48 heavy (non-hydrogen) atoms. The summed E-state index contributed by atoms with van der Waals surface area (Å²) in [6.45, 7) is 1.93. The summed E-state index contributed by atoms with van der Waals surface area (Å²) >= 11 is 0. The summed E-state index contributed by atoms with van der Waals surface area (Å²) in [4.78, 5) is 41.9. The summed E-state index contributed by atoms with van der Waals surface area (Å²) in [5.41, 5.74) is 10.5. The lowest BCUT2D eigenvalue weighted by atomic mass is 9.81. The monoisotopic (exact) mass is 673 g/mol. The van der Waals surface area contributed by atoms with Crippen LogP contribution in [0.1, 0.15) is 41.6 Å². The molecular formula is C35H44ClN9O3. The highest BCUT2D eigenvalue weighted by Crippen LogP contribution is 2.29. The van der Waals surface area contributed by atoms with Gasteiger partial charge in [0.2, 0.25) is 11.8 Å². The number of rotatable bonds is 13. The van der Waals surface area contributed by atoms with Crippen LogP contribution >= 0.6 is 12.4 Å². The molecule has 3 amide bonds. The molecule has 5 rings (SSSR count). The number of anilines is 1. The number of H-pyrrole nitrogens is 1. The highest BCUT2D eigenvalue weighted by atomic mass is 35.5. The van der Waals surface area contributed by atoms with E-state index < -0.39 is 6.04 Å². The number of halogens is 1. The lowest BCUT2D eigenvalue weighted by Gasteiger charge is -2.28. The van der Waals surface area contributed by atoms with Gasteiger partial charge in [0, 0.05) is 42.2 Å². The second-order valence-corrected chi connectivity index (χ2v) is 12.4. The minimum absolute atomic E-state index is 0. The number of amides is 3. The molecule has 12 nitrogen and oxygen atoms in total. The maximum Gasteiger partial charge on any atom is 0.251 e. The Labute approximate surface area is 287 Å². The second-order valence-electron chi connectivity index (χ2n) is 12.4. The van der Waals surface area contributed by atoms with Gasteiger partial charge in [0.05, 0.1) is 0 Å². The Morgan fingerprint density at radius 3 is 2.31 bits per heavy atom. The molecule has 1 aromatic heterocycles. The second kappa shape index (κ2) is 17.5. The number of nitrogens with two attached hydrogens (primary N) is 1. The van der Waals surface area contributed by atoms with Gasteiger partial charge in [-0.25, -0.2) is 5.10 Å². The van der Waals surface area contributed by atoms with Crippen LogP contribution in [0.4, 0.5) is 5.69 Å². The van der Waals surface area contributed by atoms with Crippen LogP contribution in [0.2, 0.25) is 0 Å². The Morgan fingerprint density at radius 1 is 0.938 bits per heavy atom. The van der Waals surface area contributed by atoms with E-state index in [0.29, 0.717) is 36.1 Å². The molecule has 1 fully saturated rings. The Balaban J connectivity index is 0.00000520. The topological polar surface area (TPSA) is 171 Å². The number of likely N-dealkylation sites (N-methyl/N-ethyl adjacent to an activating group) is 1. The van der Waals surface area contributed by atoms with E-state index in [2.05, 4.69) is 36.6 Å². The highest BCUT2D eigenvalue weighted by Gasteiger charge is 2.29. The van der Waals surface area contributed by atoms with Gasteiger partial charge < -0.3 is 26.6 Å². The summed E-state index contributed by atoms with van der Waals surface area (Å²) in [5, 5.41) is 22.8. The Kier molecular flexibility index (Phi) is 13.2. The van der Waals surface area contributed by atoms with Crippen molar-refractivity contribution in [1.29, 1.82) is 0 Å². The van der Waals surface area contributed by atoms with Gasteiger partial charge in [-0.2, -0.15) is 0 Å². The van der Waals surface area contributed by atoms with Gasteiger partial charge in [0.1, 0.15) is 6.04 Å². The molecule has 4 aromatic rings. The first-order chi connectivity index (χ1) is 22.8. The number of carbonyl (C=O) groups excluding carboxylic acids is 3. The molecule has 1 aliphatic rings. The third-order valence-corrected chi connectivity index (χ3v) is 8.62. The van der Waals surface area contributed by atoms with Crippen molar-refractivity contribution in [3.63, 3.8) is 0 Å². The van der Waals surface area contributed by atoms with Gasteiger partial charge >= 0.3 is 0 Å². The molecule has 1 aliphatic carbocycles. The quantitative estimate of drug-likeness (QED) is 0.143. The zero-order chi connectivity index (χ0) is 33.2. The number of tetrazole rings is 1. The third kappa shape index (κ3) is 9.93. The van der Waals surface area contributed by atoms with Crippen LogP contribution in [0, 0.1) is 11.8 Å². The van der Waals surface area contributed by atoms with Crippen LogP contribution < -0.4 is 21.7 Å². The minimum atomic E-state index is -0.808. The first-order valence-corrected chi connectivity index (χ1v) is 16.1. The van der Waals surface area contributed by atoms with E-state index in [9.17, 15) is 14.4 Å². The molecular weight excluding hydrogens is 630 g/mol. The number of nitrogens with one attached hydrogen (secondary N) is 4. The molecule has 13 heteroatoms. The largest absolute Gasteiger partial charge is 0.351 e. The number of benzene rings is 3. The molecule has 0 radical (unpaired) electrons. The van der Waals surface area contributed by atoms with E-state index >= 15 is 0 Å². The van der Waals surface area contributed by atoms with E-state index in [0.717, 1.165) is 54.5 Å². The number of hydrogen-bond acceptors (Lipinski definition) is 8. The normalized spacial score (nSPS) is 16.4. The van der Waals surface area contributed by atoms with Gasteiger partial charge in [0.15, 0.2) is 5.82 Å². The van der Waals surface area contributed by atoms with E-state index in [1.165, 1.54) is 0 Å². The van der Waals surface area contributed by atoms with Crippen molar-refractivity contribution in [3.8, 4) is 22.5 Å². The zero-order valence-electron chi connectivity index (χ0n) is 27.3. The molecule has 0 spiro atoms. The molecule has 0 aliphatic heterocycles. The summed E-state index contributed by atoms with van der Waals surface area (Å²) < 4.78 is 0. The fourth-order valence-electron chi connectivity index (χ4n) is 5.83. The average Bonchev–Trinajstić information content (AvgIpc) is 3.64. The summed E-state index contributed by atoms with van der Waals surface area (Å²) in [6.07, 6.45) is 3.62. The van der Waals surface area contributed by atoms with Crippen LogP contribution in [0.25, 0.3) is 22.5 Å². The number of hydrogen-bond donors (Lipinski definition) is 5. The van der Waals surface area contributed by atoms with Crippen LogP contribution in [0.5, 0.6) is 0 Å². The average molecular weight is 674 g/mol. The van der Waals surface area contributed by atoms with Crippen molar-refractivity contribution in [2.75, 3.05) is 39.0 Å². The van der Waals surface area contributed by atoms with Crippen molar-refractivity contribution in [2.45, 2.75) is 38.1 Å². The number of aromatic nitrogens is 4. The van der Waals surface area contributed by atoms with E-state index in [-0.39, 0.29) is 42.5 Å². The molecule has 1 saturated carbocycles. The lowest BCUT2D eigenvalue weighted by Crippen LogP contribution is -2.48. The summed E-state index contributed by atoms with van der Waals surface area (Å²) in [5.74, 6) is 0.255. The van der Waals surface area contributed by atoms with Crippen molar-refractivity contribution in [2.24, 2.45) is 17.6 Å². The van der Waals surface area contributed by atoms with Crippen LogP contribution in [-0.2, 0) is 16.0 Å². The highest BCUT2D eigenvalue weighted by molar-refractivity contribution is 5.98. The molecule has 254 valence electrons. The standard InChI is InChI=1S/C35H43N9O3.ClH/c1-44(2)18-17-37-33(45)29-8-4-7-28(21-29)27-6-3-5-24(19-27)20-31(39-34(46)26-11-9-23(22-36)10-12-26)35(47)38-30-15-13-25(14-16-30)32-40-42-43-41-32;/h3-8,13-16,19,21,23,26,31H,9-12,17-18,20,22,36H2,1-2H3,(H,37,45)(H,38,47)(H,39,46)(H,40,41,42,43);1H/t23-,26-,31-;/m0./s1. The van der Waals surface area contributed by atoms with Gasteiger partial charge in [-0.05, 0) is 116 Å². The predicted molar refractivity (Wildman–Crippen MR) is 188 cm³/mol. The van der Waals surface area contributed by atoms with Gasteiger partial charge in [-0.15, -0.1) is 17.5 Å². The fourth-order valence-corrected chi connectivity index (χ4v) is 5.83. The van der Waals surface area contributed by atoms with Crippen molar-refractivity contribution in [3.05, 3.63) is 83.9 Å². The van der Waals surface area contributed by atoms with Crippen molar-refractivity contribution in [1.82, 2.24) is 36.2 Å². The molecule has 0 bridgehead atoms. The van der Waals surface area contributed by atoms with Crippen LogP contribution in [0.3, 0.4) is 0 Å². The smallest absolute Gasteiger partial charge is 0.251 e. The number of aromatic amines is 1. The first kappa shape index (κ1) is 36.2. The fraction of sp³-hybridized carbons (Fsp3) is 0.371. The summed E-state index contributed by atoms with van der Waals surface area (Å²) in [7, 11) is 3.92. The van der Waals surface area contributed by atoms with Crippen molar-refractivity contribution < 1.29 is 14.4 Å². The molecule has 1 atom stereocenters. The van der Waals surface area contributed by atoms with Crippen LogP contribution in [-0.4, -0.2) is 83.0 Å². The van der Waals surface area contributed by atoms with Gasteiger partial charge in [-0.1, -0.05) is 36.4 Å². The van der Waals surface area contributed by atoms with Crippen LogP contribution in [0.15, 0.2) is 72.8 Å². The first-order valence-electron chi connectivity index (χ1n) is 16.1. The van der Waals surface area contributed by atoms with Gasteiger partial charge in [0.25, 0.3) is 5.91 Å². The molecule has 6 N–H and O–H groups in total. The Hall–Kier alpha value is -4.65. The Bertz CT molecular complexity index is 1640. The van der Waals surface area contributed by atoms with Gasteiger partial charge in [-0.3, -0.25) is 14.4 Å². The maximum atomic E-state index is 13.7. The van der Waals surface area contributed by atoms with E-state index in [4.69, 9.17) is 5.73 Å². The maximum absolute atomic E-state index is 13.7. The number of carbonyl (C=O) groups is 3. The predicted octanol–water partition coefficient (Wildman–Crippen LogP) is 3.68. The molecule has 3 aromatic carbocycles. The minimum Gasteiger partial charge on any atom is -0.351 e. The summed E-state index contributed by atoms with van der Waals surface area (Å²) in [6, 6.07) is 21.7. The van der Waals surface area contributed by atoms with E-state index in [1.807, 2.05) is 61.5 Å². The SMILES string of the molecule is CN(C)CCNC(=O)c1cccc(-c2cccc(C[C@H](NC(=O)[C@H]3CC[C@H](CN)CC3)C(=O)Nc3ccc(-c4nnn[nH]4)cc3)c2)c1.Cl. The van der Waals surface area contributed by atoms with Crippen molar-refractivity contribution >= 4 is 35.8 Å². The lowest BCUT2D eigenvalue weighted by molar-refractivity contribution is -0.130.